The van der Waals surface area contributed by atoms with Crippen molar-refractivity contribution < 1.29 is 37.1 Å². The van der Waals surface area contributed by atoms with E-state index >= 15 is 0 Å². The molecule has 1 aromatic heterocycles. The van der Waals surface area contributed by atoms with E-state index < -0.39 is 62.1 Å². The van der Waals surface area contributed by atoms with Gasteiger partial charge in [-0.05, 0) is 76.8 Å². The Morgan fingerprint density at radius 1 is 1.02 bits per heavy atom. The third kappa shape index (κ3) is 9.28. The number of allylic oxidation sites excluding steroid dienone is 1. The number of methoxy groups -OCH3 is 1. The van der Waals surface area contributed by atoms with Crippen LogP contribution >= 0.6 is 0 Å². The Labute approximate surface area is 358 Å². The summed E-state index contributed by atoms with van der Waals surface area (Å²) in [6.07, 6.45) is 8.84. The fraction of sp³-hybridized carbons (Fsp3) is 0.543. The summed E-state index contributed by atoms with van der Waals surface area (Å²) in [5.41, 5.74) is 6.67. The molecule has 5 aliphatic rings. The van der Waals surface area contributed by atoms with Crippen molar-refractivity contribution in [1.29, 1.82) is 0 Å². The molecule has 2 saturated carbocycles. The average molecular weight is 855 g/mol. The molecule has 61 heavy (non-hydrogen) atoms. The van der Waals surface area contributed by atoms with Gasteiger partial charge < -0.3 is 30.3 Å². The van der Waals surface area contributed by atoms with E-state index in [0.717, 1.165) is 31.2 Å². The minimum atomic E-state index is -3.90. The van der Waals surface area contributed by atoms with Crippen LogP contribution in [0.3, 0.4) is 0 Å². The second-order valence-electron chi connectivity index (χ2n) is 18.3. The Morgan fingerprint density at radius 2 is 1.80 bits per heavy atom. The number of likely N-dealkylation sites (tertiary alicyclic amines) is 1. The number of rotatable bonds is 10. The SMILES string of the molecule is COc1ccc2c(O[C@@H]3C[C@H]4C(=O)N[C@]5(C(=O)NS(=O)(=O)C6CC6)CC5/C=C\CCCCC[C@H](CC(=O)N5CC[C@H](C(C)(C)N)C5)C(=O)N4C3)cc(-c3ccccc3)nc2c1. The third-order valence-corrected chi connectivity index (χ3v) is 15.1. The van der Waals surface area contributed by atoms with Gasteiger partial charge in [-0.2, -0.15) is 0 Å². The zero-order chi connectivity index (χ0) is 43.1. The summed E-state index contributed by atoms with van der Waals surface area (Å²) in [6.45, 7) is 5.09. The number of hydrogen-bond donors (Lipinski definition) is 3. The van der Waals surface area contributed by atoms with Gasteiger partial charge in [-0.25, -0.2) is 13.4 Å². The van der Waals surface area contributed by atoms with E-state index in [-0.39, 0.29) is 43.5 Å². The molecule has 4 amide bonds. The second-order valence-corrected chi connectivity index (χ2v) is 20.3. The smallest absolute Gasteiger partial charge is 0.259 e. The average Bonchev–Trinajstić information content (AvgIpc) is 4.11. The van der Waals surface area contributed by atoms with Crippen LogP contribution in [0.1, 0.15) is 84.5 Å². The van der Waals surface area contributed by atoms with Gasteiger partial charge in [0, 0.05) is 66.4 Å². The molecule has 1 unspecified atom stereocenters. The predicted molar refractivity (Wildman–Crippen MR) is 231 cm³/mol. The van der Waals surface area contributed by atoms with Gasteiger partial charge in [-0.3, -0.25) is 23.9 Å². The summed E-state index contributed by atoms with van der Waals surface area (Å²) in [7, 11) is -2.31. The van der Waals surface area contributed by atoms with Crippen molar-refractivity contribution >= 4 is 44.6 Å². The molecule has 2 aliphatic carbocycles. The standard InChI is InChI=1S/C46H58N6O8S/c1-45(2,47)32-20-21-51(27-32)41(53)22-30-14-8-5-4-6-11-15-31-26-46(31,44(56)50-61(57,58)35-17-18-35)49-42(54)39-24-34(28-52(39)43(30)55)60-40-25-37(29-12-9-7-10-13-29)48-38-23-33(59-3)16-19-36(38)40/h7,9-13,15-16,19,23,25,30-32,34-35,39H,4-6,8,14,17-18,20-22,24,26-28,47H2,1-3H3,(H,49,54)(H,50,56)/b15-11-/t30-,31?,32+,34-,39+,46-/m1/s1. The number of sulfonamides is 1. The summed E-state index contributed by atoms with van der Waals surface area (Å²) >= 11 is 0. The molecule has 4 fully saturated rings. The molecule has 14 nitrogen and oxygen atoms in total. The van der Waals surface area contributed by atoms with Crippen molar-refractivity contribution in [2.45, 2.75) is 113 Å². The van der Waals surface area contributed by atoms with E-state index in [1.54, 1.807) is 7.11 Å². The Morgan fingerprint density at radius 3 is 2.52 bits per heavy atom. The number of carbonyl (C=O) groups is 4. The van der Waals surface area contributed by atoms with Gasteiger partial charge in [0.05, 0.1) is 30.1 Å². The first-order valence-electron chi connectivity index (χ1n) is 21.8. The van der Waals surface area contributed by atoms with Gasteiger partial charge in [-0.1, -0.05) is 55.3 Å². The molecule has 3 aliphatic heterocycles. The number of nitrogens with zero attached hydrogens (tertiary/aromatic N) is 3. The fourth-order valence-corrected chi connectivity index (χ4v) is 10.6. The maximum Gasteiger partial charge on any atom is 0.259 e. The number of nitrogens with one attached hydrogen (secondary N) is 2. The lowest BCUT2D eigenvalue weighted by molar-refractivity contribution is -0.145. The Hall–Kier alpha value is -5.02. The maximum atomic E-state index is 15.0. The largest absolute Gasteiger partial charge is 0.497 e. The number of ether oxygens (including phenoxy) is 2. The molecule has 2 saturated heterocycles. The Balaban J connectivity index is 1.12. The molecule has 2 aromatic carbocycles. The summed E-state index contributed by atoms with van der Waals surface area (Å²) in [5.74, 6) is -1.61. The molecule has 8 rings (SSSR count). The highest BCUT2D eigenvalue weighted by Gasteiger charge is 2.62. The number of hydrogen-bond acceptors (Lipinski definition) is 10. The number of amides is 4. The maximum absolute atomic E-state index is 15.0. The van der Waals surface area contributed by atoms with Crippen LogP contribution in [-0.4, -0.2) is 102 Å². The first-order valence-corrected chi connectivity index (χ1v) is 23.3. The normalized spacial score (nSPS) is 27.9. The van der Waals surface area contributed by atoms with Gasteiger partial charge in [0.15, 0.2) is 0 Å². The zero-order valence-electron chi connectivity index (χ0n) is 35.3. The number of carbonyl (C=O) groups excluding carboxylic acids is 4. The molecule has 4 N–H and O–H groups in total. The molecule has 6 atom stereocenters. The molecular weight excluding hydrogens is 797 g/mol. The van der Waals surface area contributed by atoms with Crippen molar-refractivity contribution in [3.63, 3.8) is 0 Å². The van der Waals surface area contributed by atoms with Crippen LogP contribution in [0.5, 0.6) is 11.5 Å². The monoisotopic (exact) mass is 854 g/mol. The Bertz CT molecular complexity index is 2310. The molecule has 3 aromatic rings. The highest BCUT2D eigenvalue weighted by Crippen LogP contribution is 2.46. The third-order valence-electron chi connectivity index (χ3n) is 13.3. The van der Waals surface area contributed by atoms with Crippen LogP contribution in [0.2, 0.25) is 0 Å². The van der Waals surface area contributed by atoms with Gasteiger partial charge >= 0.3 is 0 Å². The number of benzene rings is 2. The molecule has 4 heterocycles. The number of pyridine rings is 1. The van der Waals surface area contributed by atoms with Crippen molar-refractivity contribution in [3.05, 3.63) is 66.7 Å². The van der Waals surface area contributed by atoms with Gasteiger partial charge in [-0.15, -0.1) is 0 Å². The van der Waals surface area contributed by atoms with E-state index in [1.807, 2.05) is 85.5 Å². The van der Waals surface area contributed by atoms with Crippen LogP contribution in [0, 0.1) is 17.8 Å². The van der Waals surface area contributed by atoms with Crippen LogP contribution < -0.4 is 25.2 Å². The fourth-order valence-electron chi connectivity index (χ4n) is 9.25. The van der Waals surface area contributed by atoms with E-state index in [9.17, 15) is 27.6 Å². The topological polar surface area (TPSA) is 190 Å². The first kappa shape index (κ1) is 42.7. The Kier molecular flexibility index (Phi) is 11.9. The summed E-state index contributed by atoms with van der Waals surface area (Å²) in [5, 5.41) is 3.05. The molecule has 15 heteroatoms. The van der Waals surface area contributed by atoms with Crippen molar-refractivity contribution in [2.24, 2.45) is 23.5 Å². The highest BCUT2D eigenvalue weighted by molar-refractivity contribution is 7.91. The quantitative estimate of drug-likeness (QED) is 0.238. The highest BCUT2D eigenvalue weighted by atomic mass is 32.2. The lowest BCUT2D eigenvalue weighted by Gasteiger charge is -2.30. The van der Waals surface area contributed by atoms with Crippen LogP contribution in [0.25, 0.3) is 22.2 Å². The van der Waals surface area contributed by atoms with E-state index in [1.165, 1.54) is 4.90 Å². The zero-order valence-corrected chi connectivity index (χ0v) is 36.1. The summed E-state index contributed by atoms with van der Waals surface area (Å²) < 4.78 is 40.5. The first-order chi connectivity index (χ1) is 29.1. The van der Waals surface area contributed by atoms with Crippen LogP contribution in [-0.2, 0) is 29.2 Å². The second kappa shape index (κ2) is 17.0. The van der Waals surface area contributed by atoms with Gasteiger partial charge in [0.1, 0.15) is 29.2 Å². The number of fused-ring (bicyclic) bond motifs is 3. The molecule has 0 radical (unpaired) electrons. The van der Waals surface area contributed by atoms with Gasteiger partial charge in [0.25, 0.3) is 5.91 Å². The van der Waals surface area contributed by atoms with Crippen LogP contribution in [0.15, 0.2) is 66.7 Å². The summed E-state index contributed by atoms with van der Waals surface area (Å²) in [6, 6.07) is 16.0. The summed E-state index contributed by atoms with van der Waals surface area (Å²) in [4.78, 5) is 65.8. The lowest BCUT2D eigenvalue weighted by atomic mass is 9.88. The van der Waals surface area contributed by atoms with Crippen molar-refractivity contribution in [3.8, 4) is 22.8 Å². The van der Waals surface area contributed by atoms with E-state index in [4.69, 9.17) is 20.2 Å². The van der Waals surface area contributed by atoms with Crippen LogP contribution in [0.4, 0.5) is 0 Å². The molecular formula is C46H58N6O8S. The van der Waals surface area contributed by atoms with Gasteiger partial charge in [0.2, 0.25) is 27.7 Å². The minimum absolute atomic E-state index is 0.00246. The van der Waals surface area contributed by atoms with E-state index in [0.29, 0.717) is 66.9 Å². The lowest BCUT2D eigenvalue weighted by Crippen LogP contribution is -2.57. The molecule has 326 valence electrons. The van der Waals surface area contributed by atoms with Crippen molar-refractivity contribution in [2.75, 3.05) is 26.7 Å². The van der Waals surface area contributed by atoms with Crippen molar-refractivity contribution in [1.82, 2.24) is 24.8 Å². The molecule has 0 spiro atoms. The predicted octanol–water partition coefficient (Wildman–Crippen LogP) is 4.85. The molecule has 0 bridgehead atoms. The van der Waals surface area contributed by atoms with E-state index in [2.05, 4.69) is 10.0 Å². The minimum Gasteiger partial charge on any atom is -0.497 e. The number of nitrogens with two attached hydrogens (primary N) is 1. The number of aromatic nitrogens is 1.